The molecule has 1 aliphatic heterocycles. The summed E-state index contributed by atoms with van der Waals surface area (Å²) in [6, 6.07) is 7.07. The first kappa shape index (κ1) is 15.4. The highest BCUT2D eigenvalue weighted by molar-refractivity contribution is 7.99. The quantitative estimate of drug-likeness (QED) is 0.896. The molecule has 0 radical (unpaired) electrons. The molecule has 1 aromatic carbocycles. The zero-order valence-electron chi connectivity index (χ0n) is 10.6. The van der Waals surface area contributed by atoms with Crippen molar-refractivity contribution in [3.8, 4) is 0 Å². The van der Waals surface area contributed by atoms with Crippen LogP contribution in [0.4, 0.5) is 0 Å². The maximum Gasteiger partial charge on any atom is 0.230 e. The van der Waals surface area contributed by atoms with E-state index in [1.54, 1.807) is 0 Å². The van der Waals surface area contributed by atoms with Gasteiger partial charge in [-0.3, -0.25) is 4.79 Å². The van der Waals surface area contributed by atoms with Crippen molar-refractivity contribution in [1.82, 2.24) is 5.32 Å². The van der Waals surface area contributed by atoms with Crippen molar-refractivity contribution in [1.29, 1.82) is 0 Å². The zero-order valence-corrected chi connectivity index (χ0v) is 13.0. The van der Waals surface area contributed by atoms with Crippen LogP contribution in [0.2, 0.25) is 5.02 Å². The monoisotopic (exact) mass is 331 g/mol. The van der Waals surface area contributed by atoms with E-state index in [9.17, 15) is 13.2 Å². The molecule has 0 saturated heterocycles. The third-order valence-electron chi connectivity index (χ3n) is 2.73. The first-order valence-electron chi connectivity index (χ1n) is 5.98. The summed E-state index contributed by atoms with van der Waals surface area (Å²) in [7, 11) is -3.13. The summed E-state index contributed by atoms with van der Waals surface area (Å²) in [5.41, 5.74) is 0.982. The van der Waals surface area contributed by atoms with Crippen LogP contribution in [0, 0.1) is 0 Å². The van der Waals surface area contributed by atoms with E-state index < -0.39 is 15.9 Å². The molecule has 1 amide bonds. The summed E-state index contributed by atoms with van der Waals surface area (Å²) < 4.78 is 22.4. The number of nitrogens with one attached hydrogen (secondary N) is 1. The van der Waals surface area contributed by atoms with Gasteiger partial charge in [0.05, 0.1) is 17.5 Å². The number of thioether (sulfide) groups is 1. The SMILES string of the molecule is O=C(CSCc1ccccc1Cl)NC1C=CS(=O)(=O)C1. The van der Waals surface area contributed by atoms with Gasteiger partial charge in [-0.05, 0) is 17.7 Å². The van der Waals surface area contributed by atoms with Crippen molar-refractivity contribution in [2.24, 2.45) is 0 Å². The molecule has 0 aliphatic carbocycles. The summed E-state index contributed by atoms with van der Waals surface area (Å²) in [6.07, 6.45) is 1.51. The molecule has 0 saturated carbocycles. The summed E-state index contributed by atoms with van der Waals surface area (Å²) in [4.78, 5) is 11.7. The maximum absolute atomic E-state index is 11.7. The highest BCUT2D eigenvalue weighted by Crippen LogP contribution is 2.20. The highest BCUT2D eigenvalue weighted by atomic mass is 35.5. The van der Waals surface area contributed by atoms with Crippen molar-refractivity contribution < 1.29 is 13.2 Å². The number of carbonyl (C=O) groups excluding carboxylic acids is 1. The van der Waals surface area contributed by atoms with E-state index in [1.165, 1.54) is 17.8 Å². The van der Waals surface area contributed by atoms with Gasteiger partial charge in [0.25, 0.3) is 0 Å². The van der Waals surface area contributed by atoms with Gasteiger partial charge in [-0.1, -0.05) is 29.8 Å². The lowest BCUT2D eigenvalue weighted by Crippen LogP contribution is -2.36. The summed E-state index contributed by atoms with van der Waals surface area (Å²) in [5.74, 6) is 0.698. The van der Waals surface area contributed by atoms with E-state index in [4.69, 9.17) is 11.6 Å². The van der Waals surface area contributed by atoms with Crippen molar-refractivity contribution in [2.45, 2.75) is 11.8 Å². The smallest absolute Gasteiger partial charge is 0.230 e. The lowest BCUT2D eigenvalue weighted by Gasteiger charge is -2.10. The maximum atomic E-state index is 11.7. The van der Waals surface area contributed by atoms with Gasteiger partial charge in [0, 0.05) is 16.2 Å². The summed E-state index contributed by atoms with van der Waals surface area (Å²) in [6.45, 7) is 0. The van der Waals surface area contributed by atoms with Crippen molar-refractivity contribution in [2.75, 3.05) is 11.5 Å². The van der Waals surface area contributed by atoms with Crippen molar-refractivity contribution >= 4 is 39.1 Å². The zero-order chi connectivity index (χ0) is 14.6. The molecule has 0 spiro atoms. The van der Waals surface area contributed by atoms with Crippen LogP contribution < -0.4 is 5.32 Å². The van der Waals surface area contributed by atoms with Gasteiger partial charge in [-0.2, -0.15) is 0 Å². The first-order chi connectivity index (χ1) is 9.46. The minimum atomic E-state index is -3.13. The van der Waals surface area contributed by atoms with E-state index in [0.29, 0.717) is 10.8 Å². The minimum Gasteiger partial charge on any atom is -0.348 e. The topological polar surface area (TPSA) is 63.2 Å². The normalized spacial score (nSPS) is 19.9. The van der Waals surface area contributed by atoms with Gasteiger partial charge in [0.15, 0.2) is 9.84 Å². The van der Waals surface area contributed by atoms with E-state index in [0.717, 1.165) is 11.0 Å². The number of sulfone groups is 1. The van der Waals surface area contributed by atoms with Crippen LogP contribution >= 0.6 is 23.4 Å². The molecule has 4 nitrogen and oxygen atoms in total. The van der Waals surface area contributed by atoms with Gasteiger partial charge >= 0.3 is 0 Å². The lowest BCUT2D eigenvalue weighted by atomic mass is 10.2. The van der Waals surface area contributed by atoms with Gasteiger partial charge in [0.1, 0.15) is 0 Å². The Balaban J connectivity index is 1.74. The second-order valence-electron chi connectivity index (χ2n) is 4.42. The molecule has 1 heterocycles. The first-order valence-corrected chi connectivity index (χ1v) is 9.22. The molecule has 0 fully saturated rings. The van der Waals surface area contributed by atoms with Gasteiger partial charge in [0.2, 0.25) is 5.91 Å². The van der Waals surface area contributed by atoms with E-state index in [-0.39, 0.29) is 17.4 Å². The Labute approximate surface area is 127 Å². The van der Waals surface area contributed by atoms with Crippen LogP contribution in [0.25, 0.3) is 0 Å². The third kappa shape index (κ3) is 4.54. The van der Waals surface area contributed by atoms with Crippen molar-refractivity contribution in [3.63, 3.8) is 0 Å². The largest absolute Gasteiger partial charge is 0.348 e. The Kier molecular flexibility index (Phi) is 5.12. The fourth-order valence-corrected chi connectivity index (χ4v) is 4.14. The Morgan fingerprint density at radius 3 is 2.80 bits per heavy atom. The predicted molar refractivity (Wildman–Crippen MR) is 82.5 cm³/mol. The summed E-state index contributed by atoms with van der Waals surface area (Å²) >= 11 is 7.46. The number of halogens is 1. The van der Waals surface area contributed by atoms with Crippen LogP contribution in [0.3, 0.4) is 0 Å². The second kappa shape index (κ2) is 6.65. The number of hydrogen-bond donors (Lipinski definition) is 1. The average Bonchev–Trinajstić information content (AvgIpc) is 2.71. The van der Waals surface area contributed by atoms with Crippen LogP contribution in [0.15, 0.2) is 35.7 Å². The number of amides is 1. The van der Waals surface area contributed by atoms with Crippen LogP contribution in [-0.4, -0.2) is 31.9 Å². The average molecular weight is 332 g/mol. The molecule has 1 aliphatic rings. The van der Waals surface area contributed by atoms with Gasteiger partial charge in [-0.25, -0.2) is 8.42 Å². The van der Waals surface area contributed by atoms with Crippen LogP contribution in [0.1, 0.15) is 5.56 Å². The van der Waals surface area contributed by atoms with Crippen LogP contribution in [-0.2, 0) is 20.4 Å². The molecule has 1 unspecified atom stereocenters. The lowest BCUT2D eigenvalue weighted by molar-refractivity contribution is -0.118. The molecule has 108 valence electrons. The Morgan fingerprint density at radius 2 is 2.15 bits per heavy atom. The summed E-state index contributed by atoms with van der Waals surface area (Å²) in [5, 5.41) is 4.51. The standard InChI is InChI=1S/C13H14ClNO3S2/c14-12-4-2-1-3-10(12)7-19-8-13(16)15-11-5-6-20(17,18)9-11/h1-6,11H,7-9H2,(H,15,16). The predicted octanol–water partition coefficient (Wildman–Crippen LogP) is 2.00. The van der Waals surface area contributed by atoms with E-state index >= 15 is 0 Å². The van der Waals surface area contributed by atoms with Gasteiger partial charge in [-0.15, -0.1) is 11.8 Å². The van der Waals surface area contributed by atoms with Crippen molar-refractivity contribution in [3.05, 3.63) is 46.3 Å². The number of carbonyl (C=O) groups is 1. The van der Waals surface area contributed by atoms with E-state index in [2.05, 4.69) is 5.32 Å². The molecule has 2 rings (SSSR count). The highest BCUT2D eigenvalue weighted by Gasteiger charge is 2.22. The number of hydrogen-bond acceptors (Lipinski definition) is 4. The fraction of sp³-hybridized carbons (Fsp3) is 0.308. The molecule has 1 atom stereocenters. The molecule has 0 bridgehead atoms. The Morgan fingerprint density at radius 1 is 1.40 bits per heavy atom. The molecular weight excluding hydrogens is 318 g/mol. The number of rotatable bonds is 5. The molecule has 7 heteroatoms. The number of benzene rings is 1. The molecule has 1 aromatic rings. The molecular formula is C13H14ClNO3S2. The fourth-order valence-electron chi connectivity index (χ4n) is 1.78. The second-order valence-corrected chi connectivity index (χ2v) is 7.74. The third-order valence-corrected chi connectivity index (χ3v) is 5.47. The molecule has 0 aromatic heterocycles. The Bertz CT molecular complexity index is 628. The van der Waals surface area contributed by atoms with E-state index in [1.807, 2.05) is 24.3 Å². The van der Waals surface area contributed by atoms with Crippen LogP contribution in [0.5, 0.6) is 0 Å². The van der Waals surface area contributed by atoms with Gasteiger partial charge < -0.3 is 5.32 Å². The molecule has 1 N–H and O–H groups in total. The Hall–Kier alpha value is -0.980. The molecule has 20 heavy (non-hydrogen) atoms. The minimum absolute atomic E-state index is 0.0477.